The van der Waals surface area contributed by atoms with Crippen LogP contribution in [-0.4, -0.2) is 34.2 Å². The van der Waals surface area contributed by atoms with Gasteiger partial charge in [-0.05, 0) is 36.6 Å². The Morgan fingerprint density at radius 1 is 1.19 bits per heavy atom. The number of hydrogen-bond acceptors (Lipinski definition) is 4. The van der Waals surface area contributed by atoms with E-state index in [0.717, 1.165) is 49.4 Å². The van der Waals surface area contributed by atoms with Crippen LogP contribution in [0.25, 0.3) is 0 Å². The van der Waals surface area contributed by atoms with Crippen molar-refractivity contribution in [2.24, 2.45) is 0 Å². The number of rotatable bonds is 7. The summed E-state index contributed by atoms with van der Waals surface area (Å²) in [6.45, 7) is 2.66. The minimum Gasteiger partial charge on any atom is -0.353 e. The van der Waals surface area contributed by atoms with E-state index in [0.29, 0.717) is 25.3 Å². The summed E-state index contributed by atoms with van der Waals surface area (Å²) in [5.41, 5.74) is 3.84. The Bertz CT molecular complexity index is 800. The number of hydrogen-bond donors (Lipinski definition) is 3. The normalized spacial score (nSPS) is 15.9. The predicted octanol–water partition coefficient (Wildman–Crippen LogP) is 1.38. The van der Waals surface area contributed by atoms with Crippen LogP contribution in [-0.2, 0) is 35.5 Å². The van der Waals surface area contributed by atoms with Crippen LogP contribution in [0.2, 0.25) is 0 Å². The van der Waals surface area contributed by atoms with Crippen molar-refractivity contribution in [1.82, 2.24) is 20.4 Å². The molecule has 1 aliphatic carbocycles. The van der Waals surface area contributed by atoms with Gasteiger partial charge in [-0.25, -0.2) is 0 Å². The highest BCUT2D eigenvalue weighted by Gasteiger charge is 2.23. The number of aryl methyl sites for hydroxylation is 1. The molecule has 2 aliphatic rings. The van der Waals surface area contributed by atoms with Crippen LogP contribution in [0.15, 0.2) is 30.3 Å². The molecule has 0 saturated heterocycles. The van der Waals surface area contributed by atoms with Crippen molar-refractivity contribution < 1.29 is 9.59 Å². The summed E-state index contributed by atoms with van der Waals surface area (Å²) < 4.78 is 2.02. The molecule has 3 N–H and O–H groups in total. The molecule has 1 aliphatic heterocycles. The number of anilines is 1. The minimum atomic E-state index is -0.0293. The Kier molecular flexibility index (Phi) is 5.20. The lowest BCUT2D eigenvalue weighted by atomic mass is 10.1. The highest BCUT2D eigenvalue weighted by Crippen LogP contribution is 2.19. The van der Waals surface area contributed by atoms with Crippen LogP contribution in [0.4, 0.5) is 5.69 Å². The van der Waals surface area contributed by atoms with E-state index in [1.807, 2.05) is 28.9 Å². The zero-order valence-electron chi connectivity index (χ0n) is 15.3. The van der Waals surface area contributed by atoms with Crippen molar-refractivity contribution in [3.63, 3.8) is 0 Å². The standard InChI is InChI=1S/C20H25N5O2/c26-19(8-7-17-12-18-13-21-9-10-25(18)24-17)22-15-3-1-14(2-4-15)11-20(27)23-16-5-6-16/h1-4,12,16,21H,5-11,13H2,(H,22,26)(H,23,27). The van der Waals surface area contributed by atoms with Crippen molar-refractivity contribution in [2.75, 3.05) is 11.9 Å². The van der Waals surface area contributed by atoms with Crippen LogP contribution in [0.5, 0.6) is 0 Å². The van der Waals surface area contributed by atoms with E-state index in [1.165, 1.54) is 5.69 Å². The molecule has 4 rings (SSSR count). The number of amides is 2. The monoisotopic (exact) mass is 367 g/mol. The minimum absolute atomic E-state index is 0.0293. The van der Waals surface area contributed by atoms with Gasteiger partial charge in [0.2, 0.25) is 11.8 Å². The maximum Gasteiger partial charge on any atom is 0.224 e. The molecule has 2 heterocycles. The van der Waals surface area contributed by atoms with Crippen LogP contribution in [0.3, 0.4) is 0 Å². The lowest BCUT2D eigenvalue weighted by molar-refractivity contribution is -0.120. The average molecular weight is 367 g/mol. The van der Waals surface area contributed by atoms with Gasteiger partial charge in [0.15, 0.2) is 0 Å². The molecule has 2 aromatic rings. The maximum atomic E-state index is 12.2. The van der Waals surface area contributed by atoms with Crippen LogP contribution >= 0.6 is 0 Å². The second-order valence-corrected chi connectivity index (χ2v) is 7.29. The first-order chi connectivity index (χ1) is 13.2. The van der Waals surface area contributed by atoms with Gasteiger partial charge < -0.3 is 16.0 Å². The average Bonchev–Trinajstić information content (AvgIpc) is 3.36. The third-order valence-corrected chi connectivity index (χ3v) is 4.87. The van der Waals surface area contributed by atoms with Gasteiger partial charge in [-0.1, -0.05) is 12.1 Å². The Labute approximate surface area is 158 Å². The number of carbonyl (C=O) groups excluding carboxylic acids is 2. The molecule has 142 valence electrons. The van der Waals surface area contributed by atoms with Crippen LogP contribution in [0.1, 0.15) is 36.2 Å². The molecule has 27 heavy (non-hydrogen) atoms. The van der Waals surface area contributed by atoms with Crippen LogP contribution in [0, 0.1) is 0 Å². The fourth-order valence-electron chi connectivity index (χ4n) is 3.24. The van der Waals surface area contributed by atoms with E-state index in [1.54, 1.807) is 0 Å². The summed E-state index contributed by atoms with van der Waals surface area (Å²) in [5, 5.41) is 13.8. The number of nitrogens with one attached hydrogen (secondary N) is 3. The summed E-state index contributed by atoms with van der Waals surface area (Å²) in [4.78, 5) is 24.0. The van der Waals surface area contributed by atoms with E-state index in [-0.39, 0.29) is 11.8 Å². The third kappa shape index (κ3) is 4.95. The third-order valence-electron chi connectivity index (χ3n) is 4.87. The Morgan fingerprint density at radius 3 is 2.74 bits per heavy atom. The lowest BCUT2D eigenvalue weighted by Gasteiger charge is -2.13. The Hall–Kier alpha value is -2.67. The molecule has 0 spiro atoms. The van der Waals surface area contributed by atoms with Gasteiger partial charge >= 0.3 is 0 Å². The van der Waals surface area contributed by atoms with Crippen molar-refractivity contribution in [3.8, 4) is 0 Å². The van der Waals surface area contributed by atoms with Gasteiger partial charge in [-0.15, -0.1) is 0 Å². The zero-order chi connectivity index (χ0) is 18.6. The fourth-order valence-corrected chi connectivity index (χ4v) is 3.24. The van der Waals surface area contributed by atoms with Gasteiger partial charge in [0, 0.05) is 37.7 Å². The predicted molar refractivity (Wildman–Crippen MR) is 102 cm³/mol. The molecule has 7 heteroatoms. The van der Waals surface area contributed by atoms with Gasteiger partial charge in [-0.3, -0.25) is 14.3 Å². The molecule has 0 atom stereocenters. The molecule has 1 saturated carbocycles. The summed E-state index contributed by atoms with van der Waals surface area (Å²) in [6.07, 6.45) is 3.59. The van der Waals surface area contributed by atoms with E-state index in [9.17, 15) is 9.59 Å². The zero-order valence-corrected chi connectivity index (χ0v) is 15.3. The second-order valence-electron chi connectivity index (χ2n) is 7.29. The largest absolute Gasteiger partial charge is 0.353 e. The van der Waals surface area contributed by atoms with Gasteiger partial charge in [-0.2, -0.15) is 5.10 Å². The van der Waals surface area contributed by atoms with E-state index < -0.39 is 0 Å². The summed E-state index contributed by atoms with van der Waals surface area (Å²) in [7, 11) is 0. The number of nitrogens with zero attached hydrogens (tertiary/aromatic N) is 2. The van der Waals surface area contributed by atoms with Crippen molar-refractivity contribution in [1.29, 1.82) is 0 Å². The molecule has 2 amide bonds. The van der Waals surface area contributed by atoms with Gasteiger partial charge in [0.05, 0.1) is 24.4 Å². The highest BCUT2D eigenvalue weighted by molar-refractivity contribution is 5.90. The second kappa shape index (κ2) is 7.92. The summed E-state index contributed by atoms with van der Waals surface area (Å²) in [5.74, 6) is 0.0329. The lowest BCUT2D eigenvalue weighted by Crippen LogP contribution is -2.28. The number of aromatic nitrogens is 2. The number of benzene rings is 1. The molecular weight excluding hydrogens is 342 g/mol. The number of carbonyl (C=O) groups is 2. The summed E-state index contributed by atoms with van der Waals surface area (Å²) in [6, 6.07) is 9.92. The van der Waals surface area contributed by atoms with Crippen molar-refractivity contribution >= 4 is 17.5 Å². The smallest absolute Gasteiger partial charge is 0.224 e. The quantitative estimate of drug-likeness (QED) is 0.690. The summed E-state index contributed by atoms with van der Waals surface area (Å²) >= 11 is 0. The topological polar surface area (TPSA) is 88.1 Å². The number of fused-ring (bicyclic) bond motifs is 1. The molecule has 7 nitrogen and oxygen atoms in total. The highest BCUT2D eigenvalue weighted by atomic mass is 16.2. The van der Waals surface area contributed by atoms with Crippen molar-refractivity contribution in [2.45, 2.75) is 51.2 Å². The molecular formula is C20H25N5O2. The maximum absolute atomic E-state index is 12.2. The van der Waals surface area contributed by atoms with Gasteiger partial charge in [0.25, 0.3) is 0 Å². The first kappa shape index (κ1) is 17.7. The van der Waals surface area contributed by atoms with E-state index in [4.69, 9.17) is 0 Å². The van der Waals surface area contributed by atoms with E-state index in [2.05, 4.69) is 27.1 Å². The van der Waals surface area contributed by atoms with Crippen LogP contribution < -0.4 is 16.0 Å². The molecule has 0 bridgehead atoms. The first-order valence-corrected chi connectivity index (χ1v) is 9.60. The molecule has 1 fully saturated rings. The molecule has 0 radical (unpaired) electrons. The molecule has 1 aromatic carbocycles. The Balaban J connectivity index is 1.24. The molecule has 0 unspecified atom stereocenters. The molecule has 1 aromatic heterocycles. The Morgan fingerprint density at radius 2 is 2.00 bits per heavy atom. The first-order valence-electron chi connectivity index (χ1n) is 9.60. The fraction of sp³-hybridized carbons (Fsp3) is 0.450. The van der Waals surface area contributed by atoms with E-state index >= 15 is 0 Å². The SMILES string of the molecule is O=C(CCc1cc2n(n1)CCNC2)Nc1ccc(CC(=O)NC2CC2)cc1. The van der Waals surface area contributed by atoms with Crippen molar-refractivity contribution in [3.05, 3.63) is 47.3 Å². The van der Waals surface area contributed by atoms with Gasteiger partial charge in [0.1, 0.15) is 0 Å².